The predicted molar refractivity (Wildman–Crippen MR) is 60.8 cm³/mol. The lowest BCUT2D eigenvalue weighted by atomic mass is 10.2. The molecule has 0 fully saturated rings. The van der Waals surface area contributed by atoms with Crippen LogP contribution in [-0.2, 0) is 6.18 Å². The van der Waals surface area contributed by atoms with Crippen molar-refractivity contribution in [2.45, 2.75) is 22.9 Å². The lowest BCUT2D eigenvalue weighted by Gasteiger charge is -2.11. The van der Waals surface area contributed by atoms with E-state index in [0.29, 0.717) is 17.9 Å². The van der Waals surface area contributed by atoms with Gasteiger partial charge in [-0.3, -0.25) is 4.99 Å². The molecule has 0 amide bonds. The summed E-state index contributed by atoms with van der Waals surface area (Å²) in [6.07, 6.45) is -3.70. The van der Waals surface area contributed by atoms with Crippen LogP contribution in [0.25, 0.3) is 0 Å². The van der Waals surface area contributed by atoms with E-state index in [0.717, 1.165) is 12.1 Å². The van der Waals surface area contributed by atoms with Gasteiger partial charge in [-0.25, -0.2) is 0 Å². The second-order valence-corrected chi connectivity index (χ2v) is 4.77. The van der Waals surface area contributed by atoms with E-state index in [4.69, 9.17) is 4.74 Å². The highest BCUT2D eigenvalue weighted by Crippen LogP contribution is 2.40. The molecule has 1 aromatic rings. The lowest BCUT2D eigenvalue weighted by Crippen LogP contribution is -2.05. The third-order valence-corrected chi connectivity index (χ3v) is 3.61. The number of rotatable bonds is 1. The van der Waals surface area contributed by atoms with Crippen LogP contribution < -0.4 is 4.74 Å². The van der Waals surface area contributed by atoms with E-state index in [-0.39, 0.29) is 11.1 Å². The SMILES string of the molecule is C=N[C@H]1CCOc2cc(C(F)(F)F)ccc2S1. The fourth-order valence-corrected chi connectivity index (χ4v) is 2.46. The summed E-state index contributed by atoms with van der Waals surface area (Å²) in [6.45, 7) is 3.80. The van der Waals surface area contributed by atoms with Crippen molar-refractivity contribution in [2.75, 3.05) is 6.61 Å². The van der Waals surface area contributed by atoms with Crippen molar-refractivity contribution in [1.29, 1.82) is 0 Å². The summed E-state index contributed by atoms with van der Waals surface area (Å²) in [6, 6.07) is 3.51. The van der Waals surface area contributed by atoms with Crippen molar-refractivity contribution < 1.29 is 17.9 Å². The topological polar surface area (TPSA) is 21.6 Å². The highest BCUT2D eigenvalue weighted by atomic mass is 32.2. The van der Waals surface area contributed by atoms with Gasteiger partial charge in [0.1, 0.15) is 11.1 Å². The monoisotopic (exact) mass is 261 g/mol. The zero-order valence-electron chi connectivity index (χ0n) is 8.83. The minimum absolute atomic E-state index is 0.0620. The predicted octanol–water partition coefficient (Wildman–Crippen LogP) is 3.61. The zero-order valence-corrected chi connectivity index (χ0v) is 9.64. The van der Waals surface area contributed by atoms with Gasteiger partial charge in [0.05, 0.1) is 17.1 Å². The van der Waals surface area contributed by atoms with E-state index < -0.39 is 11.7 Å². The molecule has 0 aliphatic carbocycles. The molecule has 0 N–H and O–H groups in total. The molecular formula is C11H10F3NOS. The van der Waals surface area contributed by atoms with Crippen molar-refractivity contribution in [1.82, 2.24) is 0 Å². The van der Waals surface area contributed by atoms with Crippen LogP contribution in [0.4, 0.5) is 13.2 Å². The molecule has 1 atom stereocenters. The van der Waals surface area contributed by atoms with Gasteiger partial charge in [-0.1, -0.05) is 11.8 Å². The van der Waals surface area contributed by atoms with Crippen LogP contribution in [0.3, 0.4) is 0 Å². The van der Waals surface area contributed by atoms with Gasteiger partial charge in [0.25, 0.3) is 0 Å². The number of thioether (sulfide) groups is 1. The van der Waals surface area contributed by atoms with Crippen LogP contribution >= 0.6 is 11.8 Å². The number of ether oxygens (including phenoxy) is 1. The summed E-state index contributed by atoms with van der Waals surface area (Å²) >= 11 is 1.38. The Hall–Kier alpha value is -1.17. The second-order valence-electron chi connectivity index (χ2n) is 3.55. The Morgan fingerprint density at radius 3 is 2.82 bits per heavy atom. The third kappa shape index (κ3) is 2.74. The molecule has 17 heavy (non-hydrogen) atoms. The molecule has 1 aromatic carbocycles. The largest absolute Gasteiger partial charge is 0.492 e. The van der Waals surface area contributed by atoms with Gasteiger partial charge >= 0.3 is 6.18 Å². The van der Waals surface area contributed by atoms with Crippen molar-refractivity contribution in [2.24, 2.45) is 4.99 Å². The summed E-state index contributed by atoms with van der Waals surface area (Å²) in [5.41, 5.74) is -0.693. The molecule has 1 heterocycles. The molecule has 0 radical (unpaired) electrons. The van der Waals surface area contributed by atoms with E-state index in [1.165, 1.54) is 17.8 Å². The summed E-state index contributed by atoms with van der Waals surface area (Å²) in [4.78, 5) is 4.56. The number of hydrogen-bond donors (Lipinski definition) is 0. The van der Waals surface area contributed by atoms with Crippen molar-refractivity contribution >= 4 is 18.5 Å². The number of hydrogen-bond acceptors (Lipinski definition) is 3. The number of alkyl halides is 3. The molecule has 0 saturated carbocycles. The molecule has 0 saturated heterocycles. The minimum Gasteiger partial charge on any atom is -0.492 e. The van der Waals surface area contributed by atoms with E-state index in [1.54, 1.807) is 0 Å². The maximum atomic E-state index is 12.5. The quantitative estimate of drug-likeness (QED) is 0.720. The van der Waals surface area contributed by atoms with E-state index in [2.05, 4.69) is 11.7 Å². The third-order valence-electron chi connectivity index (χ3n) is 2.36. The Kier molecular flexibility index (Phi) is 3.33. The Balaban J connectivity index is 2.34. The minimum atomic E-state index is -4.34. The molecule has 1 aliphatic rings. The molecule has 0 spiro atoms. The average Bonchev–Trinajstić information content (AvgIpc) is 2.48. The first-order valence-electron chi connectivity index (χ1n) is 4.97. The molecule has 0 unspecified atom stereocenters. The van der Waals surface area contributed by atoms with Crippen molar-refractivity contribution in [3.05, 3.63) is 23.8 Å². The second kappa shape index (κ2) is 4.60. The average molecular weight is 261 g/mol. The van der Waals surface area contributed by atoms with Crippen LogP contribution in [-0.4, -0.2) is 18.7 Å². The standard InChI is InChI=1S/C11H10F3NOS/c1-15-10-4-5-16-8-6-7(11(12,13)14)2-3-9(8)17-10/h2-3,6,10H,1,4-5H2/t10-/m1/s1. The number of benzene rings is 1. The molecule has 92 valence electrons. The number of fused-ring (bicyclic) bond motifs is 1. The highest BCUT2D eigenvalue weighted by Gasteiger charge is 2.32. The van der Waals surface area contributed by atoms with Crippen LogP contribution in [0, 0.1) is 0 Å². The fourth-order valence-electron chi connectivity index (χ4n) is 1.50. The van der Waals surface area contributed by atoms with E-state index >= 15 is 0 Å². The Morgan fingerprint density at radius 2 is 2.18 bits per heavy atom. The van der Waals surface area contributed by atoms with Gasteiger partial charge in [0.2, 0.25) is 0 Å². The maximum absolute atomic E-state index is 12.5. The summed E-state index contributed by atoms with van der Waals surface area (Å²) < 4.78 is 42.8. The molecule has 6 heteroatoms. The summed E-state index contributed by atoms with van der Waals surface area (Å²) in [7, 11) is 0. The van der Waals surface area contributed by atoms with Gasteiger partial charge < -0.3 is 4.74 Å². The fraction of sp³-hybridized carbons (Fsp3) is 0.364. The van der Waals surface area contributed by atoms with Gasteiger partial charge in [0.15, 0.2) is 0 Å². The molecule has 0 aromatic heterocycles. The van der Waals surface area contributed by atoms with Gasteiger partial charge in [-0.2, -0.15) is 13.2 Å². The Labute approximate surface area is 101 Å². The molecular weight excluding hydrogens is 251 g/mol. The Morgan fingerprint density at radius 1 is 1.41 bits per heavy atom. The van der Waals surface area contributed by atoms with Gasteiger partial charge in [0, 0.05) is 6.42 Å². The number of aliphatic imine (C=N–C) groups is 1. The van der Waals surface area contributed by atoms with Crippen LogP contribution in [0.15, 0.2) is 28.1 Å². The molecule has 2 rings (SSSR count). The summed E-state index contributed by atoms with van der Waals surface area (Å²) in [5, 5.41) is -0.0620. The smallest absolute Gasteiger partial charge is 0.416 e. The van der Waals surface area contributed by atoms with Crippen LogP contribution in [0.5, 0.6) is 5.75 Å². The zero-order chi connectivity index (χ0) is 12.5. The van der Waals surface area contributed by atoms with Crippen LogP contribution in [0.2, 0.25) is 0 Å². The molecule has 2 nitrogen and oxygen atoms in total. The first-order chi connectivity index (χ1) is 8.00. The first kappa shape index (κ1) is 12.3. The highest BCUT2D eigenvalue weighted by molar-refractivity contribution is 8.00. The van der Waals surface area contributed by atoms with Gasteiger partial charge in [-0.05, 0) is 24.9 Å². The Bertz CT molecular complexity index is 433. The lowest BCUT2D eigenvalue weighted by molar-refractivity contribution is -0.137. The van der Waals surface area contributed by atoms with Crippen LogP contribution in [0.1, 0.15) is 12.0 Å². The van der Waals surface area contributed by atoms with E-state index in [1.807, 2.05) is 0 Å². The normalized spacial score (nSPS) is 20.1. The number of halogens is 3. The molecule has 0 bridgehead atoms. The van der Waals surface area contributed by atoms with Gasteiger partial charge in [-0.15, -0.1) is 0 Å². The van der Waals surface area contributed by atoms with Crippen molar-refractivity contribution in [3.63, 3.8) is 0 Å². The summed E-state index contributed by atoms with van der Waals surface area (Å²) in [5.74, 6) is 0.274. The first-order valence-corrected chi connectivity index (χ1v) is 5.85. The van der Waals surface area contributed by atoms with E-state index in [9.17, 15) is 13.2 Å². The molecule has 1 aliphatic heterocycles. The maximum Gasteiger partial charge on any atom is 0.416 e. The number of nitrogens with zero attached hydrogens (tertiary/aromatic N) is 1. The van der Waals surface area contributed by atoms with Crippen molar-refractivity contribution in [3.8, 4) is 5.75 Å².